The van der Waals surface area contributed by atoms with Crippen molar-refractivity contribution < 1.29 is 4.74 Å². The number of hydrogen-bond acceptors (Lipinski definition) is 3. The van der Waals surface area contributed by atoms with Crippen molar-refractivity contribution in [2.24, 2.45) is 23.7 Å². The molecule has 0 spiro atoms. The predicted octanol–water partition coefficient (Wildman–Crippen LogP) is 14.5. The third kappa shape index (κ3) is 5.56. The summed E-state index contributed by atoms with van der Waals surface area (Å²) in [4.78, 5) is 0. The van der Waals surface area contributed by atoms with Gasteiger partial charge in [-0.2, -0.15) is 0 Å². The van der Waals surface area contributed by atoms with Gasteiger partial charge in [0.05, 0.1) is 32.4 Å². The predicted molar refractivity (Wildman–Crippen MR) is 246 cm³/mol. The van der Waals surface area contributed by atoms with Gasteiger partial charge in [-0.15, -0.1) is 22.7 Å². The van der Waals surface area contributed by atoms with Crippen LogP contribution in [0.15, 0.2) is 193 Å². The van der Waals surface area contributed by atoms with E-state index in [9.17, 15) is 0 Å². The van der Waals surface area contributed by atoms with Gasteiger partial charge in [0.2, 0.25) is 0 Å². The Morgan fingerprint density at radius 3 is 2.10 bits per heavy atom. The van der Waals surface area contributed by atoms with Gasteiger partial charge in [-0.3, -0.25) is 0 Å². The Bertz CT molecular complexity index is 2900. The first-order valence-corrected chi connectivity index (χ1v) is 22.5. The molecule has 7 aromatic rings. The number of hydrogen-bond donors (Lipinski definition) is 0. The van der Waals surface area contributed by atoms with Crippen molar-refractivity contribution in [1.82, 2.24) is 4.57 Å². The summed E-state index contributed by atoms with van der Waals surface area (Å²) in [6.45, 7) is 0. The van der Waals surface area contributed by atoms with Crippen LogP contribution in [0.25, 0.3) is 46.2 Å². The highest BCUT2D eigenvalue weighted by atomic mass is 32.1. The Morgan fingerprint density at radius 2 is 1.40 bits per heavy atom. The standard InChI is InChI=1S/C54H43NOS2/c1-3-13-35(14-4-1)37-27-25-34(26-28-37)33-44(39-31-29-38(30-32-39)36-15-5-2-6-16-36)40-19-11-20-43-49-45(21-12-22-46(49)56-52(40)43)55-50-41-17-7-9-23-47(41)57-53(50)54-51(55)42-18-8-10-24-48(42)58-54/h1-13,15-31,35,39,43-45,49,52H,14,32-33H2/t35?,39?,43?,44-,45?,49?,52+/m1/s1. The van der Waals surface area contributed by atoms with Crippen molar-refractivity contribution in [3.8, 4) is 0 Å². The molecule has 0 saturated carbocycles. The fourth-order valence-electron chi connectivity index (χ4n) is 10.6. The van der Waals surface area contributed by atoms with Crippen LogP contribution >= 0.6 is 22.7 Å². The molecular formula is C54H43NOS2. The van der Waals surface area contributed by atoms with E-state index in [2.05, 4.69) is 187 Å². The molecule has 1 saturated heterocycles. The van der Waals surface area contributed by atoms with Crippen LogP contribution in [0.1, 0.15) is 41.5 Å². The summed E-state index contributed by atoms with van der Waals surface area (Å²) >= 11 is 3.89. The van der Waals surface area contributed by atoms with Gasteiger partial charge >= 0.3 is 0 Å². The van der Waals surface area contributed by atoms with Gasteiger partial charge in [0, 0.05) is 32.0 Å². The first kappa shape index (κ1) is 34.4. The Kier molecular flexibility index (Phi) is 8.30. The molecule has 4 heterocycles. The van der Waals surface area contributed by atoms with Crippen molar-refractivity contribution in [2.75, 3.05) is 0 Å². The van der Waals surface area contributed by atoms with E-state index in [1.54, 1.807) is 0 Å². The van der Waals surface area contributed by atoms with E-state index in [1.807, 2.05) is 22.7 Å². The molecule has 0 bridgehead atoms. The van der Waals surface area contributed by atoms with Gasteiger partial charge < -0.3 is 9.30 Å². The van der Waals surface area contributed by atoms with Crippen molar-refractivity contribution in [3.05, 3.63) is 210 Å². The van der Waals surface area contributed by atoms with Crippen molar-refractivity contribution in [1.29, 1.82) is 0 Å². The van der Waals surface area contributed by atoms with Crippen LogP contribution in [-0.4, -0.2) is 10.7 Å². The summed E-state index contributed by atoms with van der Waals surface area (Å²) in [5.74, 6) is 2.65. The average molecular weight is 786 g/mol. The lowest BCUT2D eigenvalue weighted by Crippen LogP contribution is -2.33. The molecule has 1 fully saturated rings. The quantitative estimate of drug-likeness (QED) is 0.157. The average Bonchev–Trinajstić information content (AvgIpc) is 4.05. The number of rotatable bonds is 7. The van der Waals surface area contributed by atoms with E-state index in [4.69, 9.17) is 4.74 Å². The number of aromatic nitrogens is 1. The maximum atomic E-state index is 7.30. The Labute approximate surface area is 347 Å². The van der Waals surface area contributed by atoms with Gasteiger partial charge in [0.1, 0.15) is 11.9 Å². The van der Waals surface area contributed by atoms with E-state index in [0.29, 0.717) is 17.8 Å². The number of allylic oxidation sites excluding steroid dienone is 14. The van der Waals surface area contributed by atoms with Crippen LogP contribution < -0.4 is 0 Å². The number of benzene rings is 4. The molecule has 58 heavy (non-hydrogen) atoms. The van der Waals surface area contributed by atoms with Gasteiger partial charge in [-0.1, -0.05) is 164 Å². The molecule has 7 atom stereocenters. The lowest BCUT2D eigenvalue weighted by atomic mass is 9.70. The number of ether oxygens (including phenoxy) is 1. The summed E-state index contributed by atoms with van der Waals surface area (Å²) in [7, 11) is 0. The zero-order valence-electron chi connectivity index (χ0n) is 32.2. The fraction of sp³-hybridized carbons (Fsp3) is 0.185. The van der Waals surface area contributed by atoms with Crippen LogP contribution in [0.2, 0.25) is 0 Å². The second-order valence-corrected chi connectivity index (χ2v) is 18.7. The molecule has 5 aliphatic rings. The van der Waals surface area contributed by atoms with Crippen LogP contribution in [0.4, 0.5) is 0 Å². The smallest absolute Gasteiger partial charge is 0.127 e. The molecule has 3 aromatic heterocycles. The van der Waals surface area contributed by atoms with E-state index in [0.717, 1.165) is 25.0 Å². The molecule has 12 rings (SSSR count). The van der Waals surface area contributed by atoms with Gasteiger partial charge in [0.25, 0.3) is 0 Å². The topological polar surface area (TPSA) is 14.2 Å². The van der Waals surface area contributed by atoms with E-state index in [1.165, 1.54) is 68.4 Å². The molecule has 282 valence electrons. The van der Waals surface area contributed by atoms with Crippen LogP contribution in [0.3, 0.4) is 0 Å². The summed E-state index contributed by atoms with van der Waals surface area (Å²) in [5.41, 5.74) is 9.57. The highest BCUT2D eigenvalue weighted by molar-refractivity contribution is 7.33. The molecule has 0 radical (unpaired) electrons. The maximum Gasteiger partial charge on any atom is 0.127 e. The van der Waals surface area contributed by atoms with Crippen molar-refractivity contribution in [2.45, 2.75) is 37.3 Å². The number of fused-ring (bicyclic) bond motifs is 10. The normalized spacial score (nSPS) is 25.2. The largest absolute Gasteiger partial charge is 0.489 e. The third-order valence-electron chi connectivity index (χ3n) is 13.4. The zero-order chi connectivity index (χ0) is 38.2. The van der Waals surface area contributed by atoms with Gasteiger partial charge in [-0.05, 0) is 77.1 Å². The third-order valence-corrected chi connectivity index (χ3v) is 15.9. The molecule has 0 N–H and O–H groups in total. The summed E-state index contributed by atoms with van der Waals surface area (Å²) in [5, 5.41) is 2.70. The molecule has 2 nitrogen and oxygen atoms in total. The van der Waals surface area contributed by atoms with Crippen molar-refractivity contribution >= 4 is 68.9 Å². The summed E-state index contributed by atoms with van der Waals surface area (Å²) in [6.07, 6.45) is 33.5. The highest BCUT2D eigenvalue weighted by Crippen LogP contribution is 2.55. The number of thiophene rings is 2. The first-order valence-electron chi connectivity index (χ1n) is 20.9. The number of nitrogens with zero attached hydrogens (tertiary/aromatic N) is 1. The monoisotopic (exact) mass is 785 g/mol. The SMILES string of the molecule is C1=CCC(c2ccc(C[C@@H](C3=CC=CC4C5C(=CC=CC5n5c6c7ccccc7sc6c6sc7ccccc7c65)O[C@@H]34)C3C=CC(c4ccccc4)=CC3)cc2)C=C1. The first-order chi connectivity index (χ1) is 28.8. The lowest BCUT2D eigenvalue weighted by Gasteiger charge is -2.35. The molecule has 0 amide bonds. The van der Waals surface area contributed by atoms with Gasteiger partial charge in [0.15, 0.2) is 0 Å². The molecule has 4 heteroatoms. The second kappa shape index (κ2) is 14.0. The molecular weight excluding hydrogens is 743 g/mol. The molecule has 4 aliphatic carbocycles. The van der Waals surface area contributed by atoms with E-state index >= 15 is 0 Å². The zero-order valence-corrected chi connectivity index (χ0v) is 33.8. The maximum absolute atomic E-state index is 7.30. The minimum atomic E-state index is -0.0139. The summed E-state index contributed by atoms with van der Waals surface area (Å²) < 4.78 is 15.5. The second-order valence-electron chi connectivity index (χ2n) is 16.6. The van der Waals surface area contributed by atoms with Crippen LogP contribution in [0.5, 0.6) is 0 Å². The van der Waals surface area contributed by atoms with E-state index < -0.39 is 0 Å². The van der Waals surface area contributed by atoms with Crippen LogP contribution in [0, 0.1) is 23.7 Å². The Balaban J connectivity index is 0.929. The molecule has 5 unspecified atom stereocenters. The lowest BCUT2D eigenvalue weighted by molar-refractivity contribution is 0.156. The van der Waals surface area contributed by atoms with Gasteiger partial charge in [-0.25, -0.2) is 0 Å². The summed E-state index contributed by atoms with van der Waals surface area (Å²) in [6, 6.07) is 38.4. The minimum absolute atomic E-state index is 0.0139. The molecule has 1 aliphatic heterocycles. The highest BCUT2D eigenvalue weighted by Gasteiger charge is 2.49. The Morgan fingerprint density at radius 1 is 0.672 bits per heavy atom. The Hall–Kier alpha value is -5.68. The molecule has 4 aromatic carbocycles. The van der Waals surface area contributed by atoms with Crippen LogP contribution in [-0.2, 0) is 11.2 Å². The minimum Gasteiger partial charge on any atom is -0.489 e. The van der Waals surface area contributed by atoms with Crippen molar-refractivity contribution in [3.63, 3.8) is 0 Å². The van der Waals surface area contributed by atoms with E-state index in [-0.39, 0.29) is 24.0 Å². The fourth-order valence-corrected chi connectivity index (χ4v) is 13.2.